The van der Waals surface area contributed by atoms with Crippen LogP contribution in [0.25, 0.3) is 0 Å². The second-order valence-corrected chi connectivity index (χ2v) is 7.76. The third-order valence-corrected chi connectivity index (χ3v) is 5.59. The molecule has 3 N–H and O–H groups in total. The molecule has 0 unspecified atom stereocenters. The lowest BCUT2D eigenvalue weighted by Crippen LogP contribution is -2.64. The molecule has 138 valence electrons. The number of hydrogen-bond donors (Lipinski definition) is 2. The fourth-order valence-corrected chi connectivity index (χ4v) is 3.07. The van der Waals surface area contributed by atoms with Crippen LogP contribution in [0.1, 0.15) is 27.7 Å². The van der Waals surface area contributed by atoms with Crippen molar-refractivity contribution in [3.05, 3.63) is 18.3 Å². The van der Waals surface area contributed by atoms with Gasteiger partial charge in [0, 0.05) is 11.7 Å². The van der Waals surface area contributed by atoms with Gasteiger partial charge in [0.05, 0.1) is 35.9 Å². The molecule has 0 saturated carbocycles. The number of rotatable bonds is 3. The second-order valence-electron chi connectivity index (χ2n) is 7.76. The largest absolute Gasteiger partial charge is 0.500 e. The lowest BCUT2D eigenvalue weighted by Gasteiger charge is -2.48. The fourth-order valence-electron chi connectivity index (χ4n) is 3.07. The van der Waals surface area contributed by atoms with Gasteiger partial charge in [-0.05, 0) is 27.7 Å². The number of nitrogens with two attached hydrogens (primary N) is 1. The summed E-state index contributed by atoms with van der Waals surface area (Å²) < 4.78 is 13.5. The van der Waals surface area contributed by atoms with Gasteiger partial charge in [-0.2, -0.15) is 10.4 Å². The molecule has 10 heteroatoms. The quantitative estimate of drug-likeness (QED) is 0.595. The zero-order chi connectivity index (χ0) is 19.5. The molecule has 0 aliphatic carbocycles. The van der Waals surface area contributed by atoms with E-state index in [0.717, 1.165) is 0 Å². The highest BCUT2D eigenvalue weighted by Crippen LogP contribution is 2.38. The van der Waals surface area contributed by atoms with Crippen molar-refractivity contribution in [1.82, 2.24) is 14.7 Å². The molecule has 2 fully saturated rings. The predicted molar refractivity (Wildman–Crippen MR) is 94.7 cm³/mol. The number of carbonyl (C=O) groups is 1. The average Bonchev–Trinajstić information content (AvgIpc) is 2.95. The smallest absolute Gasteiger partial charge is 0.465 e. The SMILES string of the molecule is C=C(C#N)C1(n2cc(B3OC(C)(C)C(C)(C)O3)c(N)n2)CN(C(=O)O)C1. The lowest BCUT2D eigenvalue weighted by molar-refractivity contribution is 0.00578. The number of amides is 1. The van der Waals surface area contributed by atoms with Crippen molar-refractivity contribution in [3.8, 4) is 6.07 Å². The van der Waals surface area contributed by atoms with E-state index < -0.39 is 30.0 Å². The predicted octanol–water partition coefficient (Wildman–Crippen LogP) is 0.533. The number of carboxylic acid groups (broad SMARTS) is 1. The van der Waals surface area contributed by atoms with Crippen LogP contribution in [0.4, 0.5) is 10.6 Å². The number of nitrogens with zero attached hydrogens (tertiary/aromatic N) is 4. The van der Waals surface area contributed by atoms with Crippen LogP contribution >= 0.6 is 0 Å². The van der Waals surface area contributed by atoms with Crippen LogP contribution in [0, 0.1) is 11.3 Å². The van der Waals surface area contributed by atoms with Crippen LogP contribution in [0.15, 0.2) is 18.3 Å². The van der Waals surface area contributed by atoms with E-state index in [1.807, 2.05) is 33.8 Å². The first kappa shape index (κ1) is 18.3. The van der Waals surface area contributed by atoms with Gasteiger partial charge in [-0.3, -0.25) is 4.68 Å². The molecular weight excluding hydrogens is 337 g/mol. The molecule has 2 aliphatic heterocycles. The minimum absolute atomic E-state index is 0.0820. The molecule has 0 spiro atoms. The fraction of sp³-hybridized carbons (Fsp3) is 0.562. The summed E-state index contributed by atoms with van der Waals surface area (Å²) in [7, 11) is -0.697. The normalized spacial score (nSPS) is 22.6. The van der Waals surface area contributed by atoms with Crippen molar-refractivity contribution in [2.75, 3.05) is 18.8 Å². The summed E-state index contributed by atoms with van der Waals surface area (Å²) in [5.41, 5.74) is 4.84. The molecule has 0 aromatic carbocycles. The Kier molecular flexibility index (Phi) is 3.86. The van der Waals surface area contributed by atoms with Crippen molar-refractivity contribution in [2.24, 2.45) is 0 Å². The molecule has 3 heterocycles. The van der Waals surface area contributed by atoms with Crippen molar-refractivity contribution in [2.45, 2.75) is 44.4 Å². The molecule has 1 aromatic rings. The van der Waals surface area contributed by atoms with Gasteiger partial charge in [-0.1, -0.05) is 6.58 Å². The number of hydrogen-bond acceptors (Lipinski definition) is 6. The van der Waals surface area contributed by atoms with Crippen molar-refractivity contribution >= 4 is 24.5 Å². The standard InChI is InChI=1S/C16H22BN5O4/c1-10(6-18)16(8-21(9-16)13(23)24)22-7-11(12(19)20-22)17-25-14(2,3)15(4,5)26-17/h7H,1,8-9H2,2-5H3,(H2,19,20)(H,23,24). The molecule has 26 heavy (non-hydrogen) atoms. The summed E-state index contributed by atoms with van der Waals surface area (Å²) in [6.45, 7) is 11.7. The Balaban J connectivity index is 1.94. The van der Waals surface area contributed by atoms with E-state index >= 15 is 0 Å². The van der Waals surface area contributed by atoms with Gasteiger partial charge < -0.3 is 25.0 Å². The van der Waals surface area contributed by atoms with E-state index in [9.17, 15) is 10.1 Å². The average molecular weight is 359 g/mol. The Morgan fingerprint density at radius 1 is 1.38 bits per heavy atom. The van der Waals surface area contributed by atoms with Crippen LogP contribution < -0.4 is 11.2 Å². The van der Waals surface area contributed by atoms with Crippen molar-refractivity contribution < 1.29 is 19.2 Å². The molecule has 0 radical (unpaired) electrons. The van der Waals surface area contributed by atoms with Crippen molar-refractivity contribution in [3.63, 3.8) is 0 Å². The minimum atomic E-state index is -1.06. The Morgan fingerprint density at radius 3 is 2.38 bits per heavy atom. The van der Waals surface area contributed by atoms with Gasteiger partial charge in [0.25, 0.3) is 0 Å². The third-order valence-electron chi connectivity index (χ3n) is 5.59. The van der Waals surface area contributed by atoms with Gasteiger partial charge in [0.1, 0.15) is 11.4 Å². The van der Waals surface area contributed by atoms with E-state index in [1.54, 1.807) is 6.20 Å². The summed E-state index contributed by atoms with van der Waals surface area (Å²) in [5.74, 6) is 0.211. The van der Waals surface area contributed by atoms with Crippen LogP contribution in [-0.2, 0) is 14.8 Å². The molecule has 2 saturated heterocycles. The summed E-state index contributed by atoms with van der Waals surface area (Å²) in [6.07, 6.45) is 0.594. The number of likely N-dealkylation sites (tertiary alicyclic amines) is 1. The zero-order valence-electron chi connectivity index (χ0n) is 15.3. The topological polar surface area (TPSA) is 127 Å². The summed E-state index contributed by atoms with van der Waals surface area (Å²) in [4.78, 5) is 12.3. The van der Waals surface area contributed by atoms with E-state index in [0.29, 0.717) is 5.46 Å². The summed E-state index contributed by atoms with van der Waals surface area (Å²) in [6, 6.07) is 2.01. The maximum absolute atomic E-state index is 11.2. The molecule has 0 atom stereocenters. The monoisotopic (exact) mass is 359 g/mol. The summed E-state index contributed by atoms with van der Waals surface area (Å²) >= 11 is 0. The number of nitrogen functional groups attached to an aromatic ring is 1. The zero-order valence-corrected chi connectivity index (χ0v) is 15.3. The number of aromatic nitrogens is 2. The Morgan fingerprint density at radius 2 is 1.92 bits per heavy atom. The van der Waals surface area contributed by atoms with Gasteiger partial charge >= 0.3 is 13.2 Å². The second kappa shape index (κ2) is 5.49. The van der Waals surface area contributed by atoms with E-state index in [2.05, 4.69) is 11.7 Å². The first-order valence-electron chi connectivity index (χ1n) is 8.22. The van der Waals surface area contributed by atoms with Crippen molar-refractivity contribution in [1.29, 1.82) is 5.26 Å². The Hall–Kier alpha value is -2.51. The summed E-state index contributed by atoms with van der Waals surface area (Å²) in [5, 5.41) is 22.8. The van der Waals surface area contributed by atoms with Gasteiger partial charge in [-0.25, -0.2) is 4.79 Å². The van der Waals surface area contributed by atoms with Crippen LogP contribution in [0.3, 0.4) is 0 Å². The Labute approximate surface area is 152 Å². The maximum atomic E-state index is 11.2. The molecule has 1 aromatic heterocycles. The number of nitriles is 1. The molecule has 1 amide bonds. The van der Waals surface area contributed by atoms with E-state index in [-0.39, 0.29) is 24.5 Å². The molecule has 2 aliphatic rings. The molecular formula is C16H22BN5O4. The Bertz CT molecular complexity index is 803. The minimum Gasteiger partial charge on any atom is -0.465 e. The van der Waals surface area contributed by atoms with E-state index in [4.69, 9.17) is 20.1 Å². The first-order chi connectivity index (χ1) is 11.9. The van der Waals surface area contributed by atoms with Gasteiger partial charge in [-0.15, -0.1) is 0 Å². The highest BCUT2D eigenvalue weighted by Gasteiger charge is 2.54. The lowest BCUT2D eigenvalue weighted by atomic mass is 9.80. The van der Waals surface area contributed by atoms with E-state index in [1.165, 1.54) is 9.58 Å². The molecule has 3 rings (SSSR count). The molecule has 0 bridgehead atoms. The van der Waals surface area contributed by atoms with Crippen LogP contribution in [0.2, 0.25) is 0 Å². The third kappa shape index (κ3) is 2.47. The van der Waals surface area contributed by atoms with Gasteiger partial charge in [0.15, 0.2) is 0 Å². The molecule has 9 nitrogen and oxygen atoms in total. The number of anilines is 1. The van der Waals surface area contributed by atoms with Crippen LogP contribution in [0.5, 0.6) is 0 Å². The first-order valence-corrected chi connectivity index (χ1v) is 8.22. The van der Waals surface area contributed by atoms with Crippen LogP contribution in [-0.4, -0.2) is 57.3 Å². The highest BCUT2D eigenvalue weighted by atomic mass is 16.7. The maximum Gasteiger partial charge on any atom is 0.500 e. The van der Waals surface area contributed by atoms with Gasteiger partial charge in [0.2, 0.25) is 0 Å². The highest BCUT2D eigenvalue weighted by molar-refractivity contribution is 6.63.